The van der Waals surface area contributed by atoms with E-state index in [0.29, 0.717) is 22.9 Å². The highest BCUT2D eigenvalue weighted by atomic mass is 35.5. The Morgan fingerprint density at radius 2 is 1.84 bits per heavy atom. The number of nitrogens with zero attached hydrogens (tertiary/aromatic N) is 4. The van der Waals surface area contributed by atoms with Crippen LogP contribution in [-0.4, -0.2) is 72.5 Å². The minimum absolute atomic E-state index is 0.0970. The summed E-state index contributed by atoms with van der Waals surface area (Å²) in [5.74, 6) is 0.796. The molecule has 7 nitrogen and oxygen atoms in total. The summed E-state index contributed by atoms with van der Waals surface area (Å²) in [6.07, 6.45) is 3.46. The van der Waals surface area contributed by atoms with Gasteiger partial charge in [0, 0.05) is 38.9 Å². The zero-order valence-electron chi connectivity index (χ0n) is 17.7. The molecule has 4 rings (SSSR count). The number of fused-ring (bicyclic) bond motifs is 1. The number of ether oxygens (including phenoxy) is 1. The predicted octanol–water partition coefficient (Wildman–Crippen LogP) is 3.01. The number of pyridine rings is 1. The van der Waals surface area contributed by atoms with E-state index in [0.717, 1.165) is 56.9 Å². The van der Waals surface area contributed by atoms with Crippen LogP contribution in [0.1, 0.15) is 28.8 Å². The van der Waals surface area contributed by atoms with Crippen molar-refractivity contribution in [3.63, 3.8) is 0 Å². The lowest BCUT2D eigenvalue weighted by molar-refractivity contribution is -0.130. The number of hydrogen-bond donors (Lipinski definition) is 0. The fourth-order valence-corrected chi connectivity index (χ4v) is 4.27. The number of amides is 2. The summed E-state index contributed by atoms with van der Waals surface area (Å²) in [6, 6.07) is 9.12. The van der Waals surface area contributed by atoms with Gasteiger partial charge in [0.05, 0.1) is 10.6 Å². The van der Waals surface area contributed by atoms with Crippen molar-refractivity contribution in [2.75, 3.05) is 50.8 Å². The second-order valence-electron chi connectivity index (χ2n) is 7.98. The van der Waals surface area contributed by atoms with Gasteiger partial charge in [-0.3, -0.25) is 19.4 Å². The monoisotopic (exact) mass is 442 g/mol. The Morgan fingerprint density at radius 3 is 2.61 bits per heavy atom. The summed E-state index contributed by atoms with van der Waals surface area (Å²) in [4.78, 5) is 35.6. The van der Waals surface area contributed by atoms with Crippen molar-refractivity contribution in [2.24, 2.45) is 0 Å². The first-order chi connectivity index (χ1) is 15.0. The van der Waals surface area contributed by atoms with Gasteiger partial charge in [-0.15, -0.1) is 0 Å². The number of piperazine rings is 1. The minimum Gasteiger partial charge on any atom is -0.483 e. The summed E-state index contributed by atoms with van der Waals surface area (Å²) in [6.45, 7) is 6.83. The highest BCUT2D eigenvalue weighted by Gasteiger charge is 2.29. The van der Waals surface area contributed by atoms with Crippen LogP contribution in [0.5, 0.6) is 5.75 Å². The molecule has 1 aromatic carbocycles. The molecule has 1 fully saturated rings. The summed E-state index contributed by atoms with van der Waals surface area (Å²) >= 11 is 6.26. The molecule has 0 N–H and O–H groups in total. The van der Waals surface area contributed by atoms with Gasteiger partial charge in [-0.05, 0) is 56.1 Å². The number of unbranched alkanes of at least 4 members (excludes halogenated alkanes) is 1. The number of carbonyl (C=O) groups excluding carboxylic acids is 2. The van der Waals surface area contributed by atoms with Crippen molar-refractivity contribution in [1.82, 2.24) is 14.8 Å². The molecule has 0 unspecified atom stereocenters. The first kappa shape index (κ1) is 21.6. The molecule has 8 heteroatoms. The number of hydrogen-bond acceptors (Lipinski definition) is 6. The predicted molar refractivity (Wildman–Crippen MR) is 120 cm³/mol. The molecule has 0 aliphatic carbocycles. The van der Waals surface area contributed by atoms with Crippen molar-refractivity contribution in [3.05, 3.63) is 52.7 Å². The quantitative estimate of drug-likeness (QED) is 0.506. The average Bonchev–Trinajstić information content (AvgIpc) is 2.88. The van der Waals surface area contributed by atoms with Gasteiger partial charge in [-0.2, -0.15) is 0 Å². The van der Waals surface area contributed by atoms with E-state index >= 15 is 0 Å². The molecule has 0 bridgehead atoms. The number of halogens is 1. The van der Waals surface area contributed by atoms with Crippen LogP contribution in [0.25, 0.3) is 0 Å². The fraction of sp³-hybridized carbons (Fsp3) is 0.435. The van der Waals surface area contributed by atoms with Crippen LogP contribution in [0, 0.1) is 6.92 Å². The molecule has 2 aliphatic heterocycles. The standard InChI is InChI=1S/C23H27ClN4O3/c1-17-6-7-18-20(15-17)31-16-21(29)28(23(18)30)10-3-2-9-26-11-13-27(14-12-26)22-19(24)5-4-8-25-22/h4-8,15H,2-3,9-14,16H2,1H3. The van der Waals surface area contributed by atoms with E-state index in [4.69, 9.17) is 16.3 Å². The smallest absolute Gasteiger partial charge is 0.267 e. The van der Waals surface area contributed by atoms with Gasteiger partial charge in [0.25, 0.3) is 11.8 Å². The van der Waals surface area contributed by atoms with Crippen molar-refractivity contribution in [1.29, 1.82) is 0 Å². The highest BCUT2D eigenvalue weighted by Crippen LogP contribution is 2.25. The third kappa shape index (κ3) is 4.99. The number of benzene rings is 1. The van der Waals surface area contributed by atoms with Gasteiger partial charge in [-0.25, -0.2) is 4.98 Å². The van der Waals surface area contributed by atoms with Crippen molar-refractivity contribution in [3.8, 4) is 5.75 Å². The Morgan fingerprint density at radius 1 is 1.06 bits per heavy atom. The molecule has 2 aromatic rings. The third-order valence-corrected chi connectivity index (χ3v) is 6.08. The number of carbonyl (C=O) groups is 2. The van der Waals surface area contributed by atoms with E-state index in [1.807, 2.05) is 31.2 Å². The molecule has 0 radical (unpaired) electrons. The average molecular weight is 443 g/mol. The number of rotatable bonds is 6. The molecule has 0 saturated carbocycles. The first-order valence-corrected chi connectivity index (χ1v) is 11.1. The highest BCUT2D eigenvalue weighted by molar-refractivity contribution is 6.32. The Balaban J connectivity index is 1.24. The lowest BCUT2D eigenvalue weighted by Crippen LogP contribution is -2.47. The topological polar surface area (TPSA) is 66.0 Å². The van der Waals surface area contributed by atoms with Crippen LogP contribution in [0.3, 0.4) is 0 Å². The van der Waals surface area contributed by atoms with Crippen LogP contribution in [0.15, 0.2) is 36.5 Å². The lowest BCUT2D eigenvalue weighted by atomic mass is 10.1. The van der Waals surface area contributed by atoms with Crippen LogP contribution in [-0.2, 0) is 4.79 Å². The van der Waals surface area contributed by atoms with Crippen molar-refractivity contribution >= 4 is 29.2 Å². The maximum atomic E-state index is 12.8. The van der Waals surface area contributed by atoms with Crippen LogP contribution in [0.4, 0.5) is 5.82 Å². The molecule has 2 amide bonds. The molecule has 31 heavy (non-hydrogen) atoms. The van der Waals surface area contributed by atoms with Gasteiger partial charge >= 0.3 is 0 Å². The largest absolute Gasteiger partial charge is 0.483 e. The molecule has 164 valence electrons. The number of aromatic nitrogens is 1. The van der Waals surface area contributed by atoms with E-state index in [9.17, 15) is 9.59 Å². The van der Waals surface area contributed by atoms with Gasteiger partial charge in [-0.1, -0.05) is 17.7 Å². The normalized spacial score (nSPS) is 17.4. The maximum Gasteiger partial charge on any atom is 0.267 e. The molecular weight excluding hydrogens is 416 g/mol. The number of imide groups is 1. The first-order valence-electron chi connectivity index (χ1n) is 10.7. The van der Waals surface area contributed by atoms with E-state index < -0.39 is 0 Å². The van der Waals surface area contributed by atoms with Gasteiger partial charge in [0.2, 0.25) is 0 Å². The minimum atomic E-state index is -0.278. The molecule has 2 aliphatic rings. The van der Waals surface area contributed by atoms with Crippen LogP contribution in [0.2, 0.25) is 5.02 Å². The Kier molecular flexibility index (Phi) is 6.73. The summed E-state index contributed by atoms with van der Waals surface area (Å²) < 4.78 is 5.56. The van der Waals surface area contributed by atoms with E-state index in [1.54, 1.807) is 12.3 Å². The van der Waals surface area contributed by atoms with Gasteiger partial charge in [0.15, 0.2) is 6.61 Å². The molecule has 3 heterocycles. The Bertz CT molecular complexity index is 960. The number of aryl methyl sites for hydroxylation is 1. The Hall–Kier alpha value is -2.64. The lowest BCUT2D eigenvalue weighted by Gasteiger charge is -2.35. The molecule has 0 atom stereocenters. The molecule has 0 spiro atoms. The number of anilines is 1. The van der Waals surface area contributed by atoms with Gasteiger partial charge in [0.1, 0.15) is 11.6 Å². The Labute approximate surface area is 187 Å². The zero-order chi connectivity index (χ0) is 21.8. The SMILES string of the molecule is Cc1ccc2c(c1)OCC(=O)N(CCCCN1CCN(c3ncccc3Cl)CC1)C2=O. The summed E-state index contributed by atoms with van der Waals surface area (Å²) in [7, 11) is 0. The van der Waals surface area contributed by atoms with Crippen LogP contribution < -0.4 is 9.64 Å². The molecule has 1 saturated heterocycles. The van der Waals surface area contributed by atoms with E-state index in [2.05, 4.69) is 14.8 Å². The maximum absolute atomic E-state index is 12.8. The van der Waals surface area contributed by atoms with E-state index in [1.165, 1.54) is 4.90 Å². The van der Waals surface area contributed by atoms with Gasteiger partial charge < -0.3 is 9.64 Å². The van der Waals surface area contributed by atoms with Crippen LogP contribution >= 0.6 is 11.6 Å². The fourth-order valence-electron chi connectivity index (χ4n) is 4.03. The van der Waals surface area contributed by atoms with Crippen molar-refractivity contribution in [2.45, 2.75) is 19.8 Å². The second-order valence-corrected chi connectivity index (χ2v) is 8.39. The summed E-state index contributed by atoms with van der Waals surface area (Å²) in [5.41, 5.74) is 1.46. The van der Waals surface area contributed by atoms with Crippen molar-refractivity contribution < 1.29 is 14.3 Å². The molecular formula is C23H27ClN4O3. The van der Waals surface area contributed by atoms with E-state index in [-0.39, 0.29) is 18.4 Å². The second kappa shape index (κ2) is 9.66. The molecule has 1 aromatic heterocycles. The third-order valence-electron chi connectivity index (χ3n) is 5.78. The zero-order valence-corrected chi connectivity index (χ0v) is 18.5. The summed E-state index contributed by atoms with van der Waals surface area (Å²) in [5, 5.41) is 0.684.